The fraction of sp³-hybridized carbons (Fsp3) is 0.800. The molecular weight excluding hydrogens is 418 g/mol. The molecule has 1 aromatic carbocycles. The number of hydrogen-bond donors (Lipinski definition) is 0. The topological polar surface area (TPSA) is 12.5 Å². The summed E-state index contributed by atoms with van der Waals surface area (Å²) in [5, 5.41) is 0. The van der Waals surface area contributed by atoms with Crippen molar-refractivity contribution >= 4 is 13.9 Å². The highest BCUT2D eigenvalue weighted by Gasteiger charge is 2.61. The van der Waals surface area contributed by atoms with Crippen LogP contribution in [0, 0.1) is 41.4 Å². The predicted molar refractivity (Wildman–Crippen MR) is 146 cm³/mol. The number of anilines is 1. The third-order valence-corrected chi connectivity index (χ3v) is 14.7. The molecule has 0 amide bonds. The van der Waals surface area contributed by atoms with E-state index in [1.54, 1.807) is 7.11 Å². The number of rotatable bonds is 5. The van der Waals surface area contributed by atoms with Crippen molar-refractivity contribution < 1.29 is 4.74 Å². The molecule has 0 radical (unpaired) electrons. The predicted octanol–water partition coefficient (Wildman–Crippen LogP) is 8.63. The summed E-state index contributed by atoms with van der Waals surface area (Å²) in [5.74, 6) is 7.40. The van der Waals surface area contributed by atoms with Crippen LogP contribution in [-0.4, -0.2) is 20.9 Å². The van der Waals surface area contributed by atoms with Crippen LogP contribution in [-0.2, 0) is 0 Å². The van der Waals surface area contributed by atoms with Gasteiger partial charge in [-0.3, -0.25) is 0 Å². The van der Waals surface area contributed by atoms with Crippen molar-refractivity contribution in [2.75, 3.05) is 11.7 Å². The average molecular weight is 470 g/mol. The van der Waals surface area contributed by atoms with Crippen LogP contribution in [0.4, 0.5) is 5.69 Å². The van der Waals surface area contributed by atoms with Crippen LogP contribution in [0.15, 0.2) is 24.3 Å². The molecule has 0 N–H and O–H groups in total. The molecule has 33 heavy (non-hydrogen) atoms. The number of nitrogens with zero attached hydrogens (tertiary/aromatic N) is 1. The quantitative estimate of drug-likeness (QED) is 0.400. The molecule has 0 bridgehead atoms. The molecule has 3 aliphatic rings. The average Bonchev–Trinajstić information content (AvgIpc) is 3.06. The second kappa shape index (κ2) is 9.24. The van der Waals surface area contributed by atoms with Crippen molar-refractivity contribution in [2.45, 2.75) is 104 Å². The summed E-state index contributed by atoms with van der Waals surface area (Å²) in [6, 6.07) is 8.94. The number of hydrogen-bond acceptors (Lipinski definition) is 2. The van der Waals surface area contributed by atoms with Gasteiger partial charge in [0.15, 0.2) is 8.24 Å². The van der Waals surface area contributed by atoms with E-state index < -0.39 is 8.24 Å². The molecule has 1 aromatic rings. The first-order chi connectivity index (χ1) is 15.5. The summed E-state index contributed by atoms with van der Waals surface area (Å²) < 4.78 is 8.39. The van der Waals surface area contributed by atoms with Gasteiger partial charge in [0, 0.05) is 11.2 Å². The van der Waals surface area contributed by atoms with Crippen molar-refractivity contribution in [1.29, 1.82) is 0 Å². The standard InChI is InChI=1S/C30H51NOSi/c1-20(2)27-21(3)29(26-19-14-22-12-10-11-13-25(22)28(26)27)33(8,9)31(30(4,5)6)23-15-17-24(32-7)18-16-23/h15-18,20-22,25-29H,10-14,19H2,1-9H3. The molecule has 4 rings (SSSR count). The van der Waals surface area contributed by atoms with Gasteiger partial charge in [-0.05, 0) is 111 Å². The van der Waals surface area contributed by atoms with E-state index in [2.05, 4.69) is 83.5 Å². The Morgan fingerprint density at radius 1 is 0.939 bits per heavy atom. The van der Waals surface area contributed by atoms with Crippen molar-refractivity contribution in [3.63, 3.8) is 0 Å². The molecule has 0 aliphatic heterocycles. The lowest BCUT2D eigenvalue weighted by Crippen LogP contribution is -2.62. The Labute approximate surface area is 206 Å². The van der Waals surface area contributed by atoms with E-state index in [-0.39, 0.29) is 5.54 Å². The van der Waals surface area contributed by atoms with Gasteiger partial charge in [0.25, 0.3) is 0 Å². The van der Waals surface area contributed by atoms with Gasteiger partial charge in [-0.1, -0.05) is 53.1 Å². The Balaban J connectivity index is 1.75. The lowest BCUT2D eigenvalue weighted by Gasteiger charge is -2.54. The Morgan fingerprint density at radius 3 is 2.15 bits per heavy atom. The zero-order valence-corrected chi connectivity index (χ0v) is 24.0. The second-order valence-electron chi connectivity index (χ2n) is 13.6. The van der Waals surface area contributed by atoms with E-state index in [0.717, 1.165) is 52.7 Å². The van der Waals surface area contributed by atoms with Crippen LogP contribution in [0.3, 0.4) is 0 Å². The highest BCUT2D eigenvalue weighted by atomic mass is 28.3. The number of ether oxygens (including phenoxy) is 1. The maximum atomic E-state index is 5.49. The second-order valence-corrected chi connectivity index (χ2v) is 18.0. The monoisotopic (exact) mass is 469 g/mol. The van der Waals surface area contributed by atoms with Gasteiger partial charge in [-0.15, -0.1) is 0 Å². The van der Waals surface area contributed by atoms with Crippen molar-refractivity contribution in [2.24, 2.45) is 41.4 Å². The molecule has 3 saturated carbocycles. The third kappa shape index (κ3) is 4.41. The normalized spacial score (nSPS) is 34.7. The van der Waals surface area contributed by atoms with E-state index in [4.69, 9.17) is 4.74 Å². The molecule has 0 aromatic heterocycles. The minimum atomic E-state index is -1.83. The van der Waals surface area contributed by atoms with Gasteiger partial charge in [-0.25, -0.2) is 0 Å². The largest absolute Gasteiger partial charge is 0.497 e. The van der Waals surface area contributed by atoms with Crippen LogP contribution >= 0.6 is 0 Å². The molecule has 186 valence electrons. The van der Waals surface area contributed by atoms with E-state index in [9.17, 15) is 0 Å². The van der Waals surface area contributed by atoms with Gasteiger partial charge >= 0.3 is 0 Å². The van der Waals surface area contributed by atoms with Gasteiger partial charge in [0.05, 0.1) is 7.11 Å². The molecular formula is C30H51NOSi. The molecule has 3 aliphatic carbocycles. The van der Waals surface area contributed by atoms with Crippen LogP contribution in [0.2, 0.25) is 18.6 Å². The maximum absolute atomic E-state index is 5.49. The smallest absolute Gasteiger partial charge is 0.154 e. The summed E-state index contributed by atoms with van der Waals surface area (Å²) in [4.78, 5) is 0. The molecule has 7 unspecified atom stereocenters. The fourth-order valence-electron chi connectivity index (χ4n) is 9.67. The van der Waals surface area contributed by atoms with Gasteiger partial charge < -0.3 is 9.30 Å². The van der Waals surface area contributed by atoms with Crippen molar-refractivity contribution in [3.8, 4) is 5.75 Å². The van der Waals surface area contributed by atoms with Crippen molar-refractivity contribution in [1.82, 2.24) is 0 Å². The summed E-state index contributed by atoms with van der Waals surface area (Å²) in [6.07, 6.45) is 8.98. The Bertz CT molecular complexity index is 795. The molecule has 0 saturated heterocycles. The third-order valence-electron chi connectivity index (χ3n) is 10.1. The van der Waals surface area contributed by atoms with E-state index in [0.29, 0.717) is 0 Å². The SMILES string of the molecule is COc1ccc(N(C(C)(C)C)[Si](C)(C)C2C(C)C(C(C)C)C3C4CCCCC4CCC32)cc1. The van der Waals surface area contributed by atoms with Crippen LogP contribution in [0.5, 0.6) is 5.75 Å². The Hall–Kier alpha value is -0.963. The minimum Gasteiger partial charge on any atom is -0.497 e. The first kappa shape index (κ1) is 25.1. The lowest BCUT2D eigenvalue weighted by atomic mass is 9.59. The van der Waals surface area contributed by atoms with Gasteiger partial charge in [0.1, 0.15) is 5.75 Å². The minimum absolute atomic E-state index is 0.109. The summed E-state index contributed by atoms with van der Waals surface area (Å²) >= 11 is 0. The number of fused-ring (bicyclic) bond motifs is 3. The highest BCUT2D eigenvalue weighted by molar-refractivity contribution is 6.82. The van der Waals surface area contributed by atoms with Crippen LogP contribution in [0.25, 0.3) is 0 Å². The van der Waals surface area contributed by atoms with Gasteiger partial charge in [0.2, 0.25) is 0 Å². The Morgan fingerprint density at radius 2 is 1.58 bits per heavy atom. The van der Waals surface area contributed by atoms with E-state index in [1.165, 1.54) is 44.2 Å². The Kier molecular flexibility index (Phi) is 7.04. The molecule has 7 atom stereocenters. The summed E-state index contributed by atoms with van der Waals surface area (Å²) in [7, 11) is -0.0594. The summed E-state index contributed by atoms with van der Waals surface area (Å²) in [6.45, 7) is 20.4. The number of benzene rings is 1. The molecule has 3 fully saturated rings. The molecule has 3 heteroatoms. The molecule has 0 spiro atoms. The summed E-state index contributed by atoms with van der Waals surface area (Å²) in [5.41, 5.74) is 2.36. The first-order valence-electron chi connectivity index (χ1n) is 13.9. The lowest BCUT2D eigenvalue weighted by molar-refractivity contribution is 0.0320. The first-order valence-corrected chi connectivity index (χ1v) is 16.9. The van der Waals surface area contributed by atoms with Crippen molar-refractivity contribution in [3.05, 3.63) is 24.3 Å². The van der Waals surface area contributed by atoms with Crippen LogP contribution < -0.4 is 9.30 Å². The van der Waals surface area contributed by atoms with E-state index >= 15 is 0 Å². The van der Waals surface area contributed by atoms with E-state index in [1.807, 2.05) is 0 Å². The maximum Gasteiger partial charge on any atom is 0.154 e. The zero-order valence-electron chi connectivity index (χ0n) is 23.0. The fourth-order valence-corrected chi connectivity index (χ4v) is 15.5. The molecule has 0 heterocycles. The molecule has 2 nitrogen and oxygen atoms in total. The highest BCUT2D eigenvalue weighted by Crippen LogP contribution is 2.65. The van der Waals surface area contributed by atoms with Gasteiger partial charge in [-0.2, -0.15) is 0 Å². The number of methoxy groups -OCH3 is 1. The zero-order chi connectivity index (χ0) is 24.1. The van der Waals surface area contributed by atoms with Crippen LogP contribution in [0.1, 0.15) is 80.1 Å².